The highest BCUT2D eigenvalue weighted by Crippen LogP contribution is 2.34. The van der Waals surface area contributed by atoms with Crippen molar-refractivity contribution >= 4 is 51.8 Å². The van der Waals surface area contributed by atoms with Gasteiger partial charge < -0.3 is 9.64 Å². The van der Waals surface area contributed by atoms with Crippen LogP contribution in [-0.4, -0.2) is 42.0 Å². The van der Waals surface area contributed by atoms with E-state index in [2.05, 4.69) is 9.73 Å². The molecule has 0 amide bonds. The van der Waals surface area contributed by atoms with E-state index < -0.39 is 0 Å². The number of nitrogens with zero attached hydrogens (tertiary/aromatic N) is 2. The van der Waals surface area contributed by atoms with E-state index in [4.69, 9.17) is 23.2 Å². The number of methoxy groups -OCH3 is 1. The van der Waals surface area contributed by atoms with Crippen LogP contribution in [0.4, 0.5) is 5.69 Å². The molecule has 1 aliphatic heterocycles. The van der Waals surface area contributed by atoms with Gasteiger partial charge in [0.2, 0.25) is 0 Å². The maximum absolute atomic E-state index is 11.3. The van der Waals surface area contributed by atoms with Crippen molar-refractivity contribution in [3.63, 3.8) is 0 Å². The first-order valence-corrected chi connectivity index (χ1v) is 7.33. The predicted octanol–water partition coefficient (Wildman–Crippen LogP) is 3.20. The summed E-state index contributed by atoms with van der Waals surface area (Å²) in [4.78, 5) is 17.6. The van der Waals surface area contributed by atoms with E-state index in [1.54, 1.807) is 30.0 Å². The maximum Gasteiger partial charge on any atom is 0.325 e. The average Bonchev–Trinajstić information content (AvgIpc) is 2.81. The van der Waals surface area contributed by atoms with Crippen molar-refractivity contribution in [3.05, 3.63) is 28.2 Å². The third-order valence-corrected chi connectivity index (χ3v) is 4.16. The lowest BCUT2D eigenvalue weighted by molar-refractivity contribution is -0.140. The van der Waals surface area contributed by atoms with Crippen molar-refractivity contribution in [3.8, 4) is 0 Å². The van der Waals surface area contributed by atoms with Crippen LogP contribution in [0.2, 0.25) is 10.0 Å². The van der Waals surface area contributed by atoms with Gasteiger partial charge in [-0.1, -0.05) is 41.0 Å². The molecule has 1 fully saturated rings. The Hall–Kier alpha value is -0.910. The number of carbonyl (C=O) groups excluding carboxylic acids is 1. The summed E-state index contributed by atoms with van der Waals surface area (Å²) in [7, 11) is 1.37. The van der Waals surface area contributed by atoms with Crippen LogP contribution in [0.1, 0.15) is 0 Å². The molecule has 0 N–H and O–H groups in total. The molecule has 0 unspecified atom stereocenters. The third-order valence-electron chi connectivity index (χ3n) is 2.56. The molecule has 1 heterocycles. The molecule has 7 heteroatoms. The molecule has 0 spiro atoms. The van der Waals surface area contributed by atoms with Gasteiger partial charge in [0.15, 0.2) is 5.17 Å². The molecule has 1 aromatic rings. The van der Waals surface area contributed by atoms with Gasteiger partial charge in [-0.25, -0.2) is 4.99 Å². The highest BCUT2D eigenvalue weighted by molar-refractivity contribution is 8.14. The van der Waals surface area contributed by atoms with Crippen molar-refractivity contribution in [2.24, 2.45) is 4.99 Å². The van der Waals surface area contributed by atoms with Crippen LogP contribution in [0.25, 0.3) is 0 Å². The van der Waals surface area contributed by atoms with Crippen molar-refractivity contribution in [1.82, 2.24) is 4.90 Å². The second kappa shape index (κ2) is 6.50. The number of amidine groups is 1. The molecule has 0 radical (unpaired) electrons. The lowest BCUT2D eigenvalue weighted by Gasteiger charge is -2.16. The molecule has 1 aliphatic rings. The smallest absolute Gasteiger partial charge is 0.325 e. The third kappa shape index (κ3) is 3.55. The lowest BCUT2D eigenvalue weighted by atomic mass is 10.3. The summed E-state index contributed by atoms with van der Waals surface area (Å²) >= 11 is 13.7. The molecule has 0 bridgehead atoms. The summed E-state index contributed by atoms with van der Waals surface area (Å²) in [5.74, 6) is 0.582. The van der Waals surface area contributed by atoms with E-state index in [9.17, 15) is 4.79 Å². The van der Waals surface area contributed by atoms with E-state index in [1.165, 1.54) is 7.11 Å². The lowest BCUT2D eigenvalue weighted by Crippen LogP contribution is -2.31. The zero-order valence-electron chi connectivity index (χ0n) is 10.2. The van der Waals surface area contributed by atoms with Crippen LogP contribution in [-0.2, 0) is 9.53 Å². The number of ether oxygens (including phenoxy) is 1. The normalized spacial score (nSPS) is 17.0. The maximum atomic E-state index is 11.3. The van der Waals surface area contributed by atoms with Gasteiger partial charge in [0.25, 0.3) is 0 Å². The number of rotatable bonds is 3. The van der Waals surface area contributed by atoms with Crippen molar-refractivity contribution in [1.29, 1.82) is 0 Å². The SMILES string of the molecule is COC(=O)CN1CCSC1=Nc1c(Cl)cccc1Cl. The average molecular weight is 319 g/mol. The van der Waals surface area contributed by atoms with Gasteiger partial charge >= 0.3 is 5.97 Å². The number of para-hydroxylation sites is 1. The van der Waals surface area contributed by atoms with Crippen LogP contribution < -0.4 is 0 Å². The summed E-state index contributed by atoms with van der Waals surface area (Å²) in [6, 6.07) is 5.23. The summed E-state index contributed by atoms with van der Waals surface area (Å²) < 4.78 is 4.66. The Kier molecular flexibility index (Phi) is 4.96. The van der Waals surface area contributed by atoms with Crippen LogP contribution in [0.3, 0.4) is 0 Å². The Morgan fingerprint density at radius 3 is 2.79 bits per heavy atom. The Morgan fingerprint density at radius 1 is 1.47 bits per heavy atom. The Morgan fingerprint density at radius 2 is 2.16 bits per heavy atom. The zero-order valence-corrected chi connectivity index (χ0v) is 12.6. The minimum absolute atomic E-state index is 0.185. The second-order valence-electron chi connectivity index (χ2n) is 3.81. The van der Waals surface area contributed by atoms with E-state index in [-0.39, 0.29) is 12.5 Å². The molecular formula is C12H12Cl2N2O2S. The van der Waals surface area contributed by atoms with Crippen LogP contribution in [0.5, 0.6) is 0 Å². The first kappa shape index (κ1) is 14.5. The highest BCUT2D eigenvalue weighted by Gasteiger charge is 2.22. The molecule has 0 saturated carbocycles. The molecule has 1 saturated heterocycles. The van der Waals surface area contributed by atoms with Gasteiger partial charge in [0.1, 0.15) is 12.2 Å². The van der Waals surface area contributed by atoms with Crippen LogP contribution in [0.15, 0.2) is 23.2 Å². The number of carbonyl (C=O) groups is 1. The fourth-order valence-electron chi connectivity index (χ4n) is 1.60. The highest BCUT2D eigenvalue weighted by atomic mass is 35.5. The van der Waals surface area contributed by atoms with Crippen molar-refractivity contribution in [2.45, 2.75) is 0 Å². The standard InChI is InChI=1S/C12H12Cl2N2O2S/c1-18-10(17)7-16-5-6-19-12(16)15-11-8(13)3-2-4-9(11)14/h2-4H,5-7H2,1H3. The molecule has 0 aromatic heterocycles. The predicted molar refractivity (Wildman–Crippen MR) is 79.6 cm³/mol. The molecule has 0 aliphatic carbocycles. The summed E-state index contributed by atoms with van der Waals surface area (Å²) in [6.07, 6.45) is 0. The molecule has 19 heavy (non-hydrogen) atoms. The molecular weight excluding hydrogens is 307 g/mol. The van der Waals surface area contributed by atoms with Gasteiger partial charge in [-0.15, -0.1) is 0 Å². The van der Waals surface area contributed by atoms with E-state index in [0.717, 1.165) is 17.5 Å². The number of benzene rings is 1. The Balaban J connectivity index is 2.24. The number of halogens is 2. The van der Waals surface area contributed by atoms with Crippen molar-refractivity contribution < 1.29 is 9.53 Å². The quantitative estimate of drug-likeness (QED) is 0.803. The molecule has 0 atom stereocenters. The zero-order chi connectivity index (χ0) is 13.8. The number of hydrogen-bond acceptors (Lipinski definition) is 4. The van der Waals surface area contributed by atoms with Gasteiger partial charge in [-0.2, -0.15) is 0 Å². The first-order valence-electron chi connectivity index (χ1n) is 5.59. The van der Waals surface area contributed by atoms with Crippen LogP contribution >= 0.6 is 35.0 Å². The Labute approximate surface area is 125 Å². The number of thioether (sulfide) groups is 1. The fraction of sp³-hybridized carbons (Fsp3) is 0.333. The van der Waals surface area contributed by atoms with E-state index in [1.807, 2.05) is 4.90 Å². The minimum Gasteiger partial charge on any atom is -0.468 e. The largest absolute Gasteiger partial charge is 0.468 e. The number of hydrogen-bond donors (Lipinski definition) is 0. The van der Waals surface area contributed by atoms with Gasteiger partial charge in [0.05, 0.1) is 17.2 Å². The van der Waals surface area contributed by atoms with Gasteiger partial charge in [-0.3, -0.25) is 4.79 Å². The van der Waals surface area contributed by atoms with Gasteiger partial charge in [0, 0.05) is 12.3 Å². The minimum atomic E-state index is -0.291. The summed E-state index contributed by atoms with van der Waals surface area (Å²) in [6.45, 7) is 0.936. The monoisotopic (exact) mass is 318 g/mol. The number of aliphatic imine (C=N–C) groups is 1. The van der Waals surface area contributed by atoms with Gasteiger partial charge in [-0.05, 0) is 12.1 Å². The second-order valence-corrected chi connectivity index (χ2v) is 5.69. The molecule has 4 nitrogen and oxygen atoms in total. The number of esters is 1. The topological polar surface area (TPSA) is 41.9 Å². The first-order chi connectivity index (χ1) is 9.11. The fourth-order valence-corrected chi connectivity index (χ4v) is 3.07. The van der Waals surface area contributed by atoms with Crippen molar-refractivity contribution in [2.75, 3.05) is 26.0 Å². The molecule has 102 valence electrons. The molecule has 2 rings (SSSR count). The Bertz CT molecular complexity index is 502. The van der Waals surface area contributed by atoms with Crippen LogP contribution in [0, 0.1) is 0 Å². The summed E-state index contributed by atoms with van der Waals surface area (Å²) in [5, 5.41) is 1.72. The summed E-state index contributed by atoms with van der Waals surface area (Å²) in [5.41, 5.74) is 0.532. The van der Waals surface area contributed by atoms with E-state index >= 15 is 0 Å². The molecule has 1 aromatic carbocycles. The van der Waals surface area contributed by atoms with E-state index in [0.29, 0.717) is 15.7 Å².